The molecule has 2 aromatic carbocycles. The molecule has 0 saturated heterocycles. The fraction of sp³-hybridized carbons (Fsp3) is 0.333. The second-order valence-electron chi connectivity index (χ2n) is 6.31. The highest BCUT2D eigenvalue weighted by molar-refractivity contribution is 7.22. The highest BCUT2D eigenvalue weighted by atomic mass is 32.1. The molecule has 3 rings (SSSR count). The average Bonchev–Trinajstić information content (AvgIpc) is 3.12. The fourth-order valence-electron chi connectivity index (χ4n) is 2.94. The van der Waals surface area contributed by atoms with Crippen LogP contribution in [0.1, 0.15) is 29.8 Å². The summed E-state index contributed by atoms with van der Waals surface area (Å²) in [7, 11) is 3.18. The van der Waals surface area contributed by atoms with Gasteiger partial charge in [0, 0.05) is 24.2 Å². The first-order chi connectivity index (χ1) is 13.6. The van der Waals surface area contributed by atoms with Crippen LogP contribution in [0.15, 0.2) is 36.4 Å². The van der Waals surface area contributed by atoms with E-state index >= 15 is 0 Å². The molecule has 0 fully saturated rings. The Hall–Kier alpha value is -2.64. The van der Waals surface area contributed by atoms with Gasteiger partial charge in [-0.25, -0.2) is 4.98 Å². The van der Waals surface area contributed by atoms with E-state index in [1.165, 1.54) is 16.9 Å². The van der Waals surface area contributed by atoms with Crippen molar-refractivity contribution in [2.45, 2.75) is 20.4 Å². The Kier molecular flexibility index (Phi) is 6.49. The average molecular weight is 400 g/mol. The summed E-state index contributed by atoms with van der Waals surface area (Å²) in [5.41, 5.74) is 2.56. The van der Waals surface area contributed by atoms with Gasteiger partial charge in [0.1, 0.15) is 0 Å². The van der Waals surface area contributed by atoms with Crippen LogP contribution < -0.4 is 14.8 Å². The molecule has 0 aliphatic rings. The van der Waals surface area contributed by atoms with E-state index < -0.39 is 0 Å². The molecule has 0 spiro atoms. The van der Waals surface area contributed by atoms with E-state index in [0.717, 1.165) is 29.9 Å². The van der Waals surface area contributed by atoms with Crippen LogP contribution in [-0.2, 0) is 6.54 Å². The predicted molar refractivity (Wildman–Crippen MR) is 114 cm³/mol. The predicted octanol–water partition coefficient (Wildman–Crippen LogP) is 4.41. The minimum atomic E-state index is -0.174. The molecule has 0 radical (unpaired) electrons. The molecule has 0 aliphatic heterocycles. The molecule has 6 nitrogen and oxygen atoms in total. The molecule has 7 heteroatoms. The van der Waals surface area contributed by atoms with Crippen LogP contribution in [0.2, 0.25) is 0 Å². The topological polar surface area (TPSA) is 63.7 Å². The van der Waals surface area contributed by atoms with E-state index in [9.17, 15) is 4.79 Å². The second-order valence-corrected chi connectivity index (χ2v) is 7.34. The maximum atomic E-state index is 12.6. The van der Waals surface area contributed by atoms with Gasteiger partial charge in [-0.1, -0.05) is 37.3 Å². The Bertz CT molecular complexity index is 908. The third-order valence-electron chi connectivity index (χ3n) is 4.63. The summed E-state index contributed by atoms with van der Waals surface area (Å²) >= 11 is 1.40. The quantitative estimate of drug-likeness (QED) is 0.608. The number of aromatic nitrogens is 1. The largest absolute Gasteiger partial charge is 0.493 e. The number of methoxy groups -OCH3 is 2. The number of nitrogens with zero attached hydrogens (tertiary/aromatic N) is 2. The van der Waals surface area contributed by atoms with Crippen LogP contribution in [0.3, 0.4) is 0 Å². The summed E-state index contributed by atoms with van der Waals surface area (Å²) in [6.07, 6.45) is 0. The standard InChI is InChI=1S/C21H25N3O3S/c1-5-24(6-2)13-14-7-9-15(10-8-14)20(25)23-21-22-16-11-17(26-3)18(27-4)12-19(16)28-21/h7-12H,5-6,13H2,1-4H3,(H,22,23,25). The molecule has 0 bridgehead atoms. The Balaban J connectivity index is 1.73. The molecule has 0 unspecified atom stereocenters. The van der Waals surface area contributed by atoms with Crippen molar-refractivity contribution in [3.8, 4) is 11.5 Å². The van der Waals surface area contributed by atoms with Crippen LogP contribution in [0.4, 0.5) is 5.13 Å². The number of ether oxygens (including phenoxy) is 2. The van der Waals surface area contributed by atoms with Crippen molar-refractivity contribution in [2.24, 2.45) is 0 Å². The first-order valence-electron chi connectivity index (χ1n) is 9.23. The molecule has 1 aromatic heterocycles. The number of nitrogens with one attached hydrogen (secondary N) is 1. The molecule has 3 aromatic rings. The van der Waals surface area contributed by atoms with Gasteiger partial charge in [0.25, 0.3) is 5.91 Å². The van der Waals surface area contributed by atoms with Crippen molar-refractivity contribution < 1.29 is 14.3 Å². The number of rotatable bonds is 8. The van der Waals surface area contributed by atoms with Gasteiger partial charge in [-0.3, -0.25) is 15.0 Å². The molecular formula is C21H25N3O3S. The third-order valence-corrected chi connectivity index (χ3v) is 5.56. The lowest BCUT2D eigenvalue weighted by atomic mass is 10.1. The molecule has 1 N–H and O–H groups in total. The van der Waals surface area contributed by atoms with E-state index in [2.05, 4.69) is 29.0 Å². The first kappa shape index (κ1) is 20.1. The zero-order chi connectivity index (χ0) is 20.1. The summed E-state index contributed by atoms with van der Waals surface area (Å²) in [5, 5.41) is 3.43. The van der Waals surface area contributed by atoms with E-state index in [4.69, 9.17) is 9.47 Å². The van der Waals surface area contributed by atoms with E-state index in [-0.39, 0.29) is 5.91 Å². The van der Waals surface area contributed by atoms with Crippen LogP contribution in [0.5, 0.6) is 11.5 Å². The van der Waals surface area contributed by atoms with Gasteiger partial charge >= 0.3 is 0 Å². The number of hydrogen-bond acceptors (Lipinski definition) is 6. The minimum absolute atomic E-state index is 0.174. The number of carbonyl (C=O) groups is 1. The van der Waals surface area contributed by atoms with Gasteiger partial charge in [-0.2, -0.15) is 0 Å². The molecule has 0 aliphatic carbocycles. The van der Waals surface area contributed by atoms with Crippen LogP contribution in [0, 0.1) is 0 Å². The third kappa shape index (κ3) is 4.43. The molecule has 0 atom stereocenters. The molecule has 28 heavy (non-hydrogen) atoms. The zero-order valence-corrected chi connectivity index (χ0v) is 17.4. The van der Waals surface area contributed by atoms with Crippen LogP contribution in [0.25, 0.3) is 10.2 Å². The first-order valence-corrected chi connectivity index (χ1v) is 10.0. The van der Waals surface area contributed by atoms with Crippen molar-refractivity contribution in [2.75, 3.05) is 32.6 Å². The van der Waals surface area contributed by atoms with Crippen molar-refractivity contribution in [3.63, 3.8) is 0 Å². The van der Waals surface area contributed by atoms with Gasteiger partial charge < -0.3 is 9.47 Å². The molecule has 148 valence electrons. The maximum Gasteiger partial charge on any atom is 0.257 e. The number of carbonyl (C=O) groups excluding carboxylic acids is 1. The maximum absolute atomic E-state index is 12.6. The molecular weight excluding hydrogens is 374 g/mol. The lowest BCUT2D eigenvalue weighted by Gasteiger charge is -2.17. The number of anilines is 1. The van der Waals surface area contributed by atoms with Gasteiger partial charge in [0.2, 0.25) is 0 Å². The fourth-order valence-corrected chi connectivity index (χ4v) is 3.82. The number of amides is 1. The summed E-state index contributed by atoms with van der Waals surface area (Å²) in [6, 6.07) is 11.4. The van der Waals surface area contributed by atoms with Gasteiger partial charge in [-0.15, -0.1) is 0 Å². The Morgan fingerprint density at radius 3 is 2.32 bits per heavy atom. The van der Waals surface area contributed by atoms with E-state index in [1.807, 2.05) is 36.4 Å². The number of benzene rings is 2. The van der Waals surface area contributed by atoms with Gasteiger partial charge in [0.15, 0.2) is 16.6 Å². The summed E-state index contributed by atoms with van der Waals surface area (Å²) < 4.78 is 11.5. The van der Waals surface area contributed by atoms with E-state index in [1.54, 1.807) is 14.2 Å². The molecule has 1 heterocycles. The van der Waals surface area contributed by atoms with Gasteiger partial charge in [0.05, 0.1) is 24.4 Å². The lowest BCUT2D eigenvalue weighted by molar-refractivity contribution is 0.102. The van der Waals surface area contributed by atoms with Crippen molar-refractivity contribution in [1.29, 1.82) is 0 Å². The summed E-state index contributed by atoms with van der Waals surface area (Å²) in [4.78, 5) is 19.4. The van der Waals surface area contributed by atoms with Gasteiger partial charge in [-0.05, 0) is 30.8 Å². The molecule has 1 amide bonds. The Morgan fingerprint density at radius 2 is 1.71 bits per heavy atom. The highest BCUT2D eigenvalue weighted by Crippen LogP contribution is 2.36. The minimum Gasteiger partial charge on any atom is -0.493 e. The normalized spacial score (nSPS) is 11.0. The number of thiazole rings is 1. The Morgan fingerprint density at radius 1 is 1.07 bits per heavy atom. The number of fused-ring (bicyclic) bond motifs is 1. The Labute approximate surface area is 169 Å². The van der Waals surface area contributed by atoms with Crippen LogP contribution in [-0.4, -0.2) is 43.1 Å². The monoisotopic (exact) mass is 399 g/mol. The summed E-state index contributed by atoms with van der Waals surface area (Å²) in [6.45, 7) is 7.19. The molecule has 0 saturated carbocycles. The highest BCUT2D eigenvalue weighted by Gasteiger charge is 2.13. The SMILES string of the molecule is CCN(CC)Cc1ccc(C(=O)Nc2nc3cc(OC)c(OC)cc3s2)cc1. The smallest absolute Gasteiger partial charge is 0.257 e. The van der Waals surface area contributed by atoms with Crippen molar-refractivity contribution >= 4 is 32.6 Å². The van der Waals surface area contributed by atoms with Crippen molar-refractivity contribution in [3.05, 3.63) is 47.5 Å². The van der Waals surface area contributed by atoms with E-state index in [0.29, 0.717) is 22.2 Å². The summed E-state index contributed by atoms with van der Waals surface area (Å²) in [5.74, 6) is 1.08. The number of hydrogen-bond donors (Lipinski definition) is 1. The second kappa shape index (κ2) is 9.03. The van der Waals surface area contributed by atoms with Crippen LogP contribution >= 0.6 is 11.3 Å². The lowest BCUT2D eigenvalue weighted by Crippen LogP contribution is -2.22. The zero-order valence-electron chi connectivity index (χ0n) is 16.6. The van der Waals surface area contributed by atoms with Crippen molar-refractivity contribution in [1.82, 2.24) is 9.88 Å².